The lowest BCUT2D eigenvalue weighted by molar-refractivity contribution is 0.629. The maximum absolute atomic E-state index is 4.38. The lowest BCUT2D eigenvalue weighted by Crippen LogP contribution is -2.24. The normalized spacial score (nSPS) is 16.1. The van der Waals surface area contributed by atoms with Crippen molar-refractivity contribution in [2.45, 2.75) is 19.9 Å². The summed E-state index contributed by atoms with van der Waals surface area (Å²) in [5.74, 6) is 0. The molecular weight excluding hydrogens is 136 g/mol. The van der Waals surface area contributed by atoms with Crippen LogP contribution in [0.15, 0.2) is 12.3 Å². The number of rotatable bonds is 0. The van der Waals surface area contributed by atoms with E-state index in [-0.39, 0.29) is 0 Å². The smallest absolute Gasteiger partial charge is 0.0461 e. The van der Waals surface area contributed by atoms with Crippen LogP contribution in [0.5, 0.6) is 0 Å². The monoisotopic (exact) mass is 148 g/mol. The first-order valence-electron chi connectivity index (χ1n) is 4.01. The molecule has 0 saturated carbocycles. The molecule has 0 saturated heterocycles. The molecule has 0 aromatic carbocycles. The summed E-state index contributed by atoms with van der Waals surface area (Å²) in [5, 5.41) is 3.33. The number of aryl methyl sites for hydroxylation is 1. The van der Waals surface area contributed by atoms with Crippen molar-refractivity contribution in [1.82, 2.24) is 10.3 Å². The maximum Gasteiger partial charge on any atom is 0.0461 e. The molecular formula is C9H12N2. The molecule has 58 valence electrons. The molecule has 0 bridgehead atoms. The second-order valence-electron chi connectivity index (χ2n) is 3.05. The number of hydrogen-bond donors (Lipinski definition) is 1. The second-order valence-corrected chi connectivity index (χ2v) is 3.05. The highest BCUT2D eigenvalue weighted by Gasteiger charge is 2.08. The van der Waals surface area contributed by atoms with Crippen LogP contribution < -0.4 is 5.32 Å². The van der Waals surface area contributed by atoms with E-state index < -0.39 is 0 Å². The van der Waals surface area contributed by atoms with Gasteiger partial charge in [-0.25, -0.2) is 0 Å². The largest absolute Gasteiger partial charge is 0.312 e. The zero-order valence-corrected chi connectivity index (χ0v) is 6.72. The van der Waals surface area contributed by atoms with E-state index in [1.807, 2.05) is 6.20 Å². The van der Waals surface area contributed by atoms with Gasteiger partial charge in [0.1, 0.15) is 0 Å². The highest BCUT2D eigenvalue weighted by atomic mass is 14.9. The van der Waals surface area contributed by atoms with Gasteiger partial charge in [0.25, 0.3) is 0 Å². The minimum atomic E-state index is 0.990. The summed E-state index contributed by atoms with van der Waals surface area (Å²) in [7, 11) is 0. The molecule has 0 radical (unpaired) electrons. The summed E-state index contributed by atoms with van der Waals surface area (Å²) in [6, 6.07) is 2.22. The van der Waals surface area contributed by atoms with E-state index in [1.165, 1.54) is 16.8 Å². The molecule has 2 nitrogen and oxygen atoms in total. The molecule has 0 fully saturated rings. The van der Waals surface area contributed by atoms with Gasteiger partial charge in [0.2, 0.25) is 0 Å². The molecule has 1 aliphatic rings. The maximum atomic E-state index is 4.38. The van der Waals surface area contributed by atoms with Crippen LogP contribution in [0.25, 0.3) is 0 Å². The fourth-order valence-corrected chi connectivity index (χ4v) is 1.47. The lowest BCUT2D eigenvalue weighted by Gasteiger charge is -2.15. The van der Waals surface area contributed by atoms with E-state index in [9.17, 15) is 0 Å². The zero-order chi connectivity index (χ0) is 7.68. The lowest BCUT2D eigenvalue weighted by atomic mass is 10.1. The first-order valence-corrected chi connectivity index (χ1v) is 4.01. The van der Waals surface area contributed by atoms with E-state index in [2.05, 4.69) is 23.3 Å². The Balaban J connectivity index is 2.43. The molecule has 2 heterocycles. The van der Waals surface area contributed by atoms with Crippen molar-refractivity contribution in [1.29, 1.82) is 0 Å². The summed E-state index contributed by atoms with van der Waals surface area (Å²) >= 11 is 0. The van der Waals surface area contributed by atoms with Crippen LogP contribution in [0.2, 0.25) is 0 Å². The van der Waals surface area contributed by atoms with Gasteiger partial charge in [0.15, 0.2) is 0 Å². The Hall–Kier alpha value is -0.890. The number of hydrogen-bond acceptors (Lipinski definition) is 2. The van der Waals surface area contributed by atoms with E-state index in [0.717, 1.165) is 19.5 Å². The first-order chi connectivity index (χ1) is 5.36. The highest BCUT2D eigenvalue weighted by Crippen LogP contribution is 2.11. The van der Waals surface area contributed by atoms with Gasteiger partial charge in [-0.2, -0.15) is 0 Å². The quantitative estimate of drug-likeness (QED) is 0.594. The standard InChI is InChI=1S/C9H12N2/c1-7-4-8-6-10-3-2-9(8)11-5-7/h4-5,10H,2-3,6H2,1H3. The molecule has 2 heteroatoms. The summed E-state index contributed by atoms with van der Waals surface area (Å²) in [5.41, 5.74) is 3.90. The number of fused-ring (bicyclic) bond motifs is 1. The molecule has 1 aromatic rings. The van der Waals surface area contributed by atoms with Crippen molar-refractivity contribution < 1.29 is 0 Å². The Bertz CT molecular complexity index is 268. The molecule has 0 amide bonds. The third-order valence-corrected chi connectivity index (χ3v) is 2.05. The van der Waals surface area contributed by atoms with Crippen LogP contribution in [-0.2, 0) is 13.0 Å². The van der Waals surface area contributed by atoms with Crippen molar-refractivity contribution in [2.24, 2.45) is 0 Å². The molecule has 0 spiro atoms. The molecule has 0 aliphatic carbocycles. The Morgan fingerprint density at radius 1 is 1.55 bits per heavy atom. The first kappa shape index (κ1) is 6.80. The summed E-state index contributed by atoms with van der Waals surface area (Å²) in [4.78, 5) is 4.38. The molecule has 2 rings (SSSR count). The van der Waals surface area contributed by atoms with Crippen molar-refractivity contribution in [2.75, 3.05) is 6.54 Å². The van der Waals surface area contributed by atoms with Crippen molar-refractivity contribution in [3.8, 4) is 0 Å². The summed E-state index contributed by atoms with van der Waals surface area (Å²) < 4.78 is 0. The number of aromatic nitrogens is 1. The fourth-order valence-electron chi connectivity index (χ4n) is 1.47. The average molecular weight is 148 g/mol. The van der Waals surface area contributed by atoms with Gasteiger partial charge >= 0.3 is 0 Å². The van der Waals surface area contributed by atoms with Crippen molar-refractivity contribution in [3.63, 3.8) is 0 Å². The van der Waals surface area contributed by atoms with Crippen LogP contribution >= 0.6 is 0 Å². The molecule has 0 unspecified atom stereocenters. The molecule has 11 heavy (non-hydrogen) atoms. The molecule has 1 aliphatic heterocycles. The number of nitrogens with one attached hydrogen (secondary N) is 1. The van der Waals surface area contributed by atoms with Gasteiger partial charge < -0.3 is 5.32 Å². The molecule has 1 N–H and O–H groups in total. The Morgan fingerprint density at radius 2 is 2.45 bits per heavy atom. The zero-order valence-electron chi connectivity index (χ0n) is 6.72. The molecule has 1 aromatic heterocycles. The fraction of sp³-hybridized carbons (Fsp3) is 0.444. The van der Waals surface area contributed by atoms with E-state index in [0.29, 0.717) is 0 Å². The van der Waals surface area contributed by atoms with Gasteiger partial charge in [-0.05, 0) is 18.1 Å². The third kappa shape index (κ3) is 1.26. The Kier molecular flexibility index (Phi) is 1.62. The highest BCUT2D eigenvalue weighted by molar-refractivity contribution is 5.26. The van der Waals surface area contributed by atoms with E-state index >= 15 is 0 Å². The Morgan fingerprint density at radius 3 is 3.36 bits per heavy atom. The Labute approximate surface area is 66.7 Å². The predicted molar refractivity (Wildman–Crippen MR) is 44.4 cm³/mol. The van der Waals surface area contributed by atoms with Gasteiger partial charge in [-0.1, -0.05) is 6.07 Å². The van der Waals surface area contributed by atoms with Crippen molar-refractivity contribution in [3.05, 3.63) is 29.1 Å². The van der Waals surface area contributed by atoms with Gasteiger partial charge in [-0.15, -0.1) is 0 Å². The SMILES string of the molecule is Cc1cnc2c(c1)CNCC2. The third-order valence-electron chi connectivity index (χ3n) is 2.05. The van der Waals surface area contributed by atoms with E-state index in [4.69, 9.17) is 0 Å². The van der Waals surface area contributed by atoms with Gasteiger partial charge in [0.05, 0.1) is 0 Å². The number of nitrogens with zero attached hydrogens (tertiary/aromatic N) is 1. The van der Waals surface area contributed by atoms with Crippen LogP contribution in [-0.4, -0.2) is 11.5 Å². The minimum Gasteiger partial charge on any atom is -0.312 e. The van der Waals surface area contributed by atoms with Crippen LogP contribution in [0.3, 0.4) is 0 Å². The number of pyridine rings is 1. The van der Waals surface area contributed by atoms with Crippen LogP contribution in [0.4, 0.5) is 0 Å². The summed E-state index contributed by atoms with van der Waals surface area (Å²) in [6.07, 6.45) is 3.03. The minimum absolute atomic E-state index is 0.990. The molecule has 0 atom stereocenters. The van der Waals surface area contributed by atoms with Gasteiger partial charge in [0, 0.05) is 31.4 Å². The van der Waals surface area contributed by atoms with Crippen LogP contribution in [0, 0.1) is 6.92 Å². The van der Waals surface area contributed by atoms with Gasteiger partial charge in [-0.3, -0.25) is 4.98 Å². The average Bonchev–Trinajstić information content (AvgIpc) is 2.04. The second kappa shape index (κ2) is 2.62. The van der Waals surface area contributed by atoms with Crippen LogP contribution in [0.1, 0.15) is 16.8 Å². The van der Waals surface area contributed by atoms with E-state index in [1.54, 1.807) is 0 Å². The summed E-state index contributed by atoms with van der Waals surface area (Å²) in [6.45, 7) is 4.15. The predicted octanol–water partition coefficient (Wildman–Crippen LogP) is 1.04. The van der Waals surface area contributed by atoms with Crippen molar-refractivity contribution >= 4 is 0 Å². The topological polar surface area (TPSA) is 24.9 Å².